The van der Waals surface area contributed by atoms with E-state index < -0.39 is 0 Å². The number of hydrogen-bond donors (Lipinski definition) is 1. The summed E-state index contributed by atoms with van der Waals surface area (Å²) in [4.78, 5) is 20.6. The Bertz CT molecular complexity index is 1110. The summed E-state index contributed by atoms with van der Waals surface area (Å²) in [5.41, 5.74) is 2.36. The highest BCUT2D eigenvalue weighted by Crippen LogP contribution is 2.38. The zero-order chi connectivity index (χ0) is 18.8. The topological polar surface area (TPSA) is 64.1 Å². The summed E-state index contributed by atoms with van der Waals surface area (Å²) in [6.45, 7) is 1.46. The Morgan fingerprint density at radius 2 is 1.81 bits per heavy atom. The Morgan fingerprint density at radius 1 is 1.07 bits per heavy atom. The number of aromatic nitrogens is 2. The van der Waals surface area contributed by atoms with Crippen molar-refractivity contribution >= 4 is 33.1 Å². The maximum atomic E-state index is 13.1. The highest BCUT2D eigenvalue weighted by atomic mass is 32.1. The molecule has 0 saturated heterocycles. The van der Waals surface area contributed by atoms with Gasteiger partial charge in [-0.3, -0.25) is 4.79 Å². The number of anilines is 1. The first-order chi connectivity index (χ1) is 13.1. The number of amides is 1. The van der Waals surface area contributed by atoms with E-state index in [-0.39, 0.29) is 11.7 Å². The van der Waals surface area contributed by atoms with Crippen LogP contribution in [0.3, 0.4) is 0 Å². The number of ether oxygens (including phenoxy) is 1. The molecule has 0 aliphatic heterocycles. The lowest BCUT2D eigenvalue weighted by molar-refractivity contribution is -0.114. The fraction of sp³-hybridized carbons (Fsp3) is 0.0500. The predicted molar refractivity (Wildman–Crippen MR) is 104 cm³/mol. The Kier molecular flexibility index (Phi) is 4.52. The van der Waals surface area contributed by atoms with E-state index in [9.17, 15) is 9.18 Å². The average molecular weight is 379 g/mol. The van der Waals surface area contributed by atoms with Gasteiger partial charge >= 0.3 is 0 Å². The van der Waals surface area contributed by atoms with Gasteiger partial charge in [-0.05, 0) is 48.0 Å². The van der Waals surface area contributed by atoms with Gasteiger partial charge in [-0.2, -0.15) is 0 Å². The summed E-state index contributed by atoms with van der Waals surface area (Å²) in [6.07, 6.45) is 1.45. The predicted octanol–water partition coefficient (Wildman–Crippen LogP) is 5.25. The molecule has 27 heavy (non-hydrogen) atoms. The molecule has 0 aliphatic rings. The van der Waals surface area contributed by atoms with Crippen LogP contribution in [0.5, 0.6) is 11.6 Å². The molecule has 134 valence electrons. The Labute approximate surface area is 158 Å². The zero-order valence-corrected chi connectivity index (χ0v) is 15.1. The van der Waals surface area contributed by atoms with E-state index in [0.717, 1.165) is 20.7 Å². The summed E-state index contributed by atoms with van der Waals surface area (Å²) in [7, 11) is 0. The molecule has 2 aromatic heterocycles. The number of halogens is 1. The highest BCUT2D eigenvalue weighted by Gasteiger charge is 2.12. The summed E-state index contributed by atoms with van der Waals surface area (Å²) in [6, 6.07) is 15.3. The molecular weight excluding hydrogens is 365 g/mol. The van der Waals surface area contributed by atoms with Gasteiger partial charge in [0.05, 0.1) is 5.52 Å². The van der Waals surface area contributed by atoms with Crippen LogP contribution in [-0.4, -0.2) is 15.9 Å². The van der Waals surface area contributed by atoms with Gasteiger partial charge in [0, 0.05) is 17.5 Å². The zero-order valence-electron chi connectivity index (χ0n) is 14.3. The molecule has 1 N–H and O–H groups in total. The van der Waals surface area contributed by atoms with E-state index in [1.54, 1.807) is 36.4 Å². The first-order valence-electron chi connectivity index (χ1n) is 8.14. The van der Waals surface area contributed by atoms with Crippen molar-refractivity contribution in [2.24, 2.45) is 0 Å². The lowest BCUT2D eigenvalue weighted by atomic mass is 10.2. The third-order valence-electron chi connectivity index (χ3n) is 3.80. The number of thiophene rings is 1. The number of carbonyl (C=O) groups excluding carboxylic acids is 1. The Morgan fingerprint density at radius 3 is 2.52 bits per heavy atom. The van der Waals surface area contributed by atoms with E-state index in [0.29, 0.717) is 17.3 Å². The van der Waals surface area contributed by atoms with Crippen LogP contribution >= 0.6 is 11.3 Å². The summed E-state index contributed by atoms with van der Waals surface area (Å²) < 4.78 is 19.9. The molecule has 0 radical (unpaired) electrons. The smallest absolute Gasteiger partial charge is 0.240 e. The molecule has 0 saturated carbocycles. The second kappa shape index (κ2) is 7.13. The standard InChI is InChI=1S/C20H14FN3O2S/c1-12(25)24-15-6-8-16(9-7-15)26-20-19-17(22-11-23-20)10-18(27-19)13-2-4-14(21)5-3-13/h2-11H,1H3,(H,24,25). The van der Waals surface area contributed by atoms with E-state index in [1.165, 1.54) is 36.7 Å². The molecule has 0 aliphatic carbocycles. The van der Waals surface area contributed by atoms with Crippen LogP contribution in [0.2, 0.25) is 0 Å². The Balaban J connectivity index is 1.64. The molecule has 4 rings (SSSR count). The van der Waals surface area contributed by atoms with Crippen LogP contribution in [0.15, 0.2) is 60.9 Å². The molecule has 2 heterocycles. The van der Waals surface area contributed by atoms with Crippen molar-refractivity contribution in [2.75, 3.05) is 5.32 Å². The van der Waals surface area contributed by atoms with Crippen LogP contribution in [0.1, 0.15) is 6.92 Å². The first-order valence-corrected chi connectivity index (χ1v) is 8.96. The number of nitrogens with one attached hydrogen (secondary N) is 1. The SMILES string of the molecule is CC(=O)Nc1ccc(Oc2ncnc3cc(-c4ccc(F)cc4)sc23)cc1. The van der Waals surface area contributed by atoms with Gasteiger partial charge in [0.2, 0.25) is 11.8 Å². The molecule has 7 heteroatoms. The molecule has 0 bridgehead atoms. The molecule has 0 unspecified atom stereocenters. The fourth-order valence-corrected chi connectivity index (χ4v) is 3.63. The van der Waals surface area contributed by atoms with E-state index in [4.69, 9.17) is 4.74 Å². The van der Waals surface area contributed by atoms with Crippen molar-refractivity contribution in [3.63, 3.8) is 0 Å². The van der Waals surface area contributed by atoms with E-state index in [2.05, 4.69) is 15.3 Å². The van der Waals surface area contributed by atoms with Gasteiger partial charge in [-0.25, -0.2) is 14.4 Å². The minimum atomic E-state index is -0.272. The molecule has 2 aromatic carbocycles. The largest absolute Gasteiger partial charge is 0.437 e. The molecule has 0 atom stereocenters. The van der Waals surface area contributed by atoms with E-state index >= 15 is 0 Å². The van der Waals surface area contributed by atoms with Gasteiger partial charge in [-0.15, -0.1) is 11.3 Å². The van der Waals surface area contributed by atoms with Gasteiger partial charge in [0.15, 0.2) is 0 Å². The minimum Gasteiger partial charge on any atom is -0.437 e. The monoisotopic (exact) mass is 379 g/mol. The Hall–Kier alpha value is -3.32. The number of rotatable bonds is 4. The lowest BCUT2D eigenvalue weighted by Crippen LogP contribution is -2.05. The van der Waals surface area contributed by atoms with Gasteiger partial charge in [0.1, 0.15) is 22.6 Å². The number of fused-ring (bicyclic) bond motifs is 1. The van der Waals surface area contributed by atoms with Crippen molar-refractivity contribution in [1.29, 1.82) is 0 Å². The molecule has 4 aromatic rings. The van der Waals surface area contributed by atoms with Crippen LogP contribution in [-0.2, 0) is 4.79 Å². The van der Waals surface area contributed by atoms with Crippen LogP contribution in [0, 0.1) is 5.82 Å². The van der Waals surface area contributed by atoms with Crippen LogP contribution in [0.25, 0.3) is 20.7 Å². The molecule has 0 spiro atoms. The molecule has 5 nitrogen and oxygen atoms in total. The molecule has 1 amide bonds. The summed E-state index contributed by atoms with van der Waals surface area (Å²) >= 11 is 1.48. The second-order valence-corrected chi connectivity index (χ2v) is 6.87. The third kappa shape index (κ3) is 3.78. The summed E-state index contributed by atoms with van der Waals surface area (Å²) in [5, 5.41) is 2.71. The second-order valence-electron chi connectivity index (χ2n) is 5.82. The van der Waals surface area contributed by atoms with Gasteiger partial charge in [0.25, 0.3) is 0 Å². The van der Waals surface area contributed by atoms with Crippen molar-refractivity contribution in [2.45, 2.75) is 6.92 Å². The van der Waals surface area contributed by atoms with E-state index in [1.807, 2.05) is 6.07 Å². The van der Waals surface area contributed by atoms with Crippen molar-refractivity contribution in [3.8, 4) is 22.1 Å². The quantitative estimate of drug-likeness (QED) is 0.526. The first kappa shape index (κ1) is 17.1. The fourth-order valence-electron chi connectivity index (χ4n) is 2.58. The van der Waals surface area contributed by atoms with Crippen molar-refractivity contribution in [1.82, 2.24) is 9.97 Å². The van der Waals surface area contributed by atoms with Gasteiger partial charge < -0.3 is 10.1 Å². The highest BCUT2D eigenvalue weighted by molar-refractivity contribution is 7.22. The van der Waals surface area contributed by atoms with Crippen molar-refractivity contribution < 1.29 is 13.9 Å². The third-order valence-corrected chi connectivity index (χ3v) is 4.96. The maximum absolute atomic E-state index is 13.1. The number of hydrogen-bond acceptors (Lipinski definition) is 5. The van der Waals surface area contributed by atoms with Crippen LogP contribution < -0.4 is 10.1 Å². The normalized spacial score (nSPS) is 10.7. The minimum absolute atomic E-state index is 0.131. The van der Waals surface area contributed by atoms with Crippen molar-refractivity contribution in [3.05, 3.63) is 66.7 Å². The molecule has 0 fully saturated rings. The maximum Gasteiger partial charge on any atom is 0.240 e. The van der Waals surface area contributed by atoms with Crippen LogP contribution in [0.4, 0.5) is 10.1 Å². The molecular formula is C20H14FN3O2S. The number of benzene rings is 2. The number of nitrogens with zero attached hydrogens (tertiary/aromatic N) is 2. The summed E-state index contributed by atoms with van der Waals surface area (Å²) in [5.74, 6) is 0.644. The average Bonchev–Trinajstić information content (AvgIpc) is 3.09. The van der Waals surface area contributed by atoms with Gasteiger partial charge in [-0.1, -0.05) is 12.1 Å². The lowest BCUT2D eigenvalue weighted by Gasteiger charge is -2.06. The number of carbonyl (C=O) groups is 1.